The van der Waals surface area contributed by atoms with E-state index in [1.54, 1.807) is 5.57 Å². The number of carbonyl (C=O) groups excluding carboxylic acids is 1. The Morgan fingerprint density at radius 1 is 0.837 bits per heavy atom. The molecule has 234 valence electrons. The first kappa shape index (κ1) is 29.8. The Morgan fingerprint density at radius 2 is 1.63 bits per heavy atom. The number of hydrogen-bond donors (Lipinski definition) is 1. The van der Waals surface area contributed by atoms with Crippen LogP contribution in [0.5, 0.6) is 0 Å². The zero-order valence-corrected chi connectivity index (χ0v) is 27.7. The Labute approximate surface area is 261 Å². The van der Waals surface area contributed by atoms with Crippen molar-refractivity contribution in [1.82, 2.24) is 0 Å². The van der Waals surface area contributed by atoms with Gasteiger partial charge in [0.25, 0.3) is 0 Å². The maximum absolute atomic E-state index is 12.9. The van der Waals surface area contributed by atoms with Crippen molar-refractivity contribution in [3.63, 3.8) is 0 Å². The lowest BCUT2D eigenvalue weighted by molar-refractivity contribution is -0.216. The van der Waals surface area contributed by atoms with Crippen LogP contribution >= 0.6 is 0 Å². The van der Waals surface area contributed by atoms with Gasteiger partial charge < -0.3 is 10.5 Å². The van der Waals surface area contributed by atoms with E-state index in [1.165, 1.54) is 69.8 Å². The standard InChI is InChI=1S/C40H57NO2/c1-36(2)30(28-13-15-29(16-14-28)35(42)43-26-27-10-7-6-8-11-27)19-22-37(3)33(36)20-23-39(5)34(37)18-17-31-32-12-9-21-40(32,41)25-24-38(31,39)4/h6-8,10-11,13,19,29,31-34H,9,12,14-18,20-26,41H2,1-5H3/t29-,31+,32?,33?,34?,37-,38+,39+,40-/m0/s1. The van der Waals surface area contributed by atoms with Gasteiger partial charge in [-0.2, -0.15) is 0 Å². The molecule has 0 heterocycles. The van der Waals surface area contributed by atoms with E-state index >= 15 is 0 Å². The molecule has 3 heteroatoms. The van der Waals surface area contributed by atoms with Gasteiger partial charge in [-0.3, -0.25) is 4.79 Å². The number of hydrogen-bond acceptors (Lipinski definition) is 3. The predicted octanol–water partition coefficient (Wildman–Crippen LogP) is 9.56. The van der Waals surface area contributed by atoms with Crippen LogP contribution in [0.2, 0.25) is 0 Å². The molecular formula is C40H57NO2. The minimum absolute atomic E-state index is 0.0148. The summed E-state index contributed by atoms with van der Waals surface area (Å²) in [4.78, 5) is 12.9. The SMILES string of the molecule is CC1(C)C(C2=CC[C@H](C(=O)OCc3ccccc3)CC2)=CC[C@@]2(C)C1CC[C@]1(C)C2CC[C@@H]2C3CCC[C@]3(N)CC[C@]21C. The molecule has 3 unspecified atom stereocenters. The zero-order valence-electron chi connectivity index (χ0n) is 27.7. The summed E-state index contributed by atoms with van der Waals surface area (Å²) in [7, 11) is 0. The van der Waals surface area contributed by atoms with Crippen molar-refractivity contribution in [1.29, 1.82) is 0 Å². The van der Waals surface area contributed by atoms with E-state index in [4.69, 9.17) is 10.5 Å². The van der Waals surface area contributed by atoms with Crippen LogP contribution in [0.4, 0.5) is 0 Å². The number of esters is 1. The fourth-order valence-electron chi connectivity index (χ4n) is 12.9. The van der Waals surface area contributed by atoms with Crippen LogP contribution in [0.1, 0.15) is 124 Å². The first-order valence-electron chi connectivity index (χ1n) is 17.8. The Hall–Kier alpha value is -1.87. The normalized spacial score (nSPS) is 45.0. The van der Waals surface area contributed by atoms with Crippen LogP contribution in [0, 0.1) is 51.2 Å². The van der Waals surface area contributed by atoms with E-state index in [9.17, 15) is 4.79 Å². The fraction of sp³-hybridized carbons (Fsp3) is 0.725. The lowest BCUT2D eigenvalue weighted by atomic mass is 9.33. The van der Waals surface area contributed by atoms with E-state index in [1.807, 2.05) is 30.3 Å². The maximum atomic E-state index is 12.9. The number of nitrogens with two attached hydrogens (primary N) is 1. The molecule has 3 nitrogen and oxygen atoms in total. The van der Waals surface area contributed by atoms with Gasteiger partial charge in [0.05, 0.1) is 5.92 Å². The van der Waals surface area contributed by atoms with E-state index in [2.05, 4.69) is 46.8 Å². The molecule has 1 aromatic rings. The van der Waals surface area contributed by atoms with Crippen LogP contribution in [-0.2, 0) is 16.1 Å². The van der Waals surface area contributed by atoms with Crippen molar-refractivity contribution < 1.29 is 9.53 Å². The Morgan fingerprint density at radius 3 is 2.37 bits per heavy atom. The molecule has 4 fully saturated rings. The summed E-state index contributed by atoms with van der Waals surface area (Å²) in [6, 6.07) is 10.0. The summed E-state index contributed by atoms with van der Waals surface area (Å²) in [5.74, 6) is 3.01. The van der Waals surface area contributed by atoms with E-state index < -0.39 is 0 Å². The van der Waals surface area contributed by atoms with Crippen LogP contribution in [-0.4, -0.2) is 11.5 Å². The summed E-state index contributed by atoms with van der Waals surface area (Å²) in [5, 5.41) is 0. The van der Waals surface area contributed by atoms with Crippen molar-refractivity contribution in [3.05, 3.63) is 59.2 Å². The average Bonchev–Trinajstić information content (AvgIpc) is 3.38. The number of fused-ring (bicyclic) bond motifs is 7. The Kier molecular flexibility index (Phi) is 7.16. The lowest BCUT2D eigenvalue weighted by Crippen LogP contribution is -2.66. The van der Waals surface area contributed by atoms with Gasteiger partial charge in [-0.15, -0.1) is 0 Å². The van der Waals surface area contributed by atoms with Gasteiger partial charge in [0.15, 0.2) is 0 Å². The van der Waals surface area contributed by atoms with Crippen molar-refractivity contribution >= 4 is 5.97 Å². The molecule has 43 heavy (non-hydrogen) atoms. The molecule has 1 aromatic carbocycles. The van der Waals surface area contributed by atoms with Gasteiger partial charge in [0.1, 0.15) is 6.61 Å². The molecule has 6 aliphatic carbocycles. The Balaban J connectivity index is 1.09. The van der Waals surface area contributed by atoms with E-state index in [0.29, 0.717) is 28.8 Å². The number of ether oxygens (including phenoxy) is 1. The summed E-state index contributed by atoms with van der Waals surface area (Å²) < 4.78 is 5.72. The molecule has 0 saturated heterocycles. The Bertz CT molecular complexity index is 1310. The van der Waals surface area contributed by atoms with Gasteiger partial charge in [0, 0.05) is 5.54 Å². The molecule has 4 saturated carbocycles. The van der Waals surface area contributed by atoms with Gasteiger partial charge in [0.2, 0.25) is 0 Å². The molecule has 0 aromatic heterocycles. The van der Waals surface area contributed by atoms with Crippen LogP contribution < -0.4 is 5.73 Å². The van der Waals surface area contributed by atoms with Crippen LogP contribution in [0.25, 0.3) is 0 Å². The molecule has 0 radical (unpaired) electrons. The fourth-order valence-corrected chi connectivity index (χ4v) is 12.9. The third-order valence-corrected chi connectivity index (χ3v) is 15.3. The monoisotopic (exact) mass is 583 g/mol. The molecule has 7 rings (SSSR count). The minimum atomic E-state index is -0.0357. The van der Waals surface area contributed by atoms with Crippen LogP contribution in [0.3, 0.4) is 0 Å². The first-order chi connectivity index (χ1) is 20.4. The maximum Gasteiger partial charge on any atom is 0.309 e. The summed E-state index contributed by atoms with van der Waals surface area (Å²) in [5.41, 5.74) is 12.7. The zero-order chi connectivity index (χ0) is 30.3. The molecule has 0 aliphatic heterocycles. The van der Waals surface area contributed by atoms with Gasteiger partial charge in [-0.05, 0) is 139 Å². The van der Waals surface area contributed by atoms with E-state index in [0.717, 1.165) is 42.6 Å². The predicted molar refractivity (Wildman–Crippen MR) is 175 cm³/mol. The molecule has 0 amide bonds. The first-order valence-corrected chi connectivity index (χ1v) is 17.8. The minimum Gasteiger partial charge on any atom is -0.461 e. The number of rotatable bonds is 4. The second-order valence-corrected chi connectivity index (χ2v) is 17.2. The number of benzene rings is 1. The summed E-state index contributed by atoms with van der Waals surface area (Å²) in [6.45, 7) is 13.6. The summed E-state index contributed by atoms with van der Waals surface area (Å²) >= 11 is 0. The van der Waals surface area contributed by atoms with Gasteiger partial charge >= 0.3 is 5.97 Å². The molecule has 9 atom stereocenters. The highest BCUT2D eigenvalue weighted by molar-refractivity contribution is 5.73. The summed E-state index contributed by atoms with van der Waals surface area (Å²) in [6.07, 6.45) is 21.1. The third kappa shape index (κ3) is 4.40. The average molecular weight is 584 g/mol. The highest BCUT2D eigenvalue weighted by Gasteiger charge is 2.69. The smallest absolute Gasteiger partial charge is 0.309 e. The van der Waals surface area contributed by atoms with Gasteiger partial charge in [-0.1, -0.05) is 83.5 Å². The highest BCUT2D eigenvalue weighted by atomic mass is 16.5. The molecule has 2 N–H and O–H groups in total. The highest BCUT2D eigenvalue weighted by Crippen LogP contribution is 2.75. The quantitative estimate of drug-likeness (QED) is 0.359. The van der Waals surface area contributed by atoms with Crippen molar-refractivity contribution in [2.45, 2.75) is 130 Å². The second-order valence-electron chi connectivity index (χ2n) is 17.2. The topological polar surface area (TPSA) is 52.3 Å². The van der Waals surface area contributed by atoms with E-state index in [-0.39, 0.29) is 22.8 Å². The molecule has 6 aliphatic rings. The van der Waals surface area contributed by atoms with Crippen molar-refractivity contribution in [2.75, 3.05) is 0 Å². The largest absolute Gasteiger partial charge is 0.461 e. The third-order valence-electron chi connectivity index (χ3n) is 15.3. The van der Waals surface area contributed by atoms with Crippen LogP contribution in [0.15, 0.2) is 53.6 Å². The molecule has 0 spiro atoms. The molecule has 0 bridgehead atoms. The van der Waals surface area contributed by atoms with Gasteiger partial charge in [-0.25, -0.2) is 0 Å². The number of carbonyl (C=O) groups is 1. The van der Waals surface area contributed by atoms with Crippen molar-refractivity contribution in [2.24, 2.45) is 57.0 Å². The van der Waals surface area contributed by atoms with Crippen molar-refractivity contribution in [3.8, 4) is 0 Å². The lowest BCUT2D eigenvalue weighted by Gasteiger charge is -2.72. The molecular weight excluding hydrogens is 526 g/mol. The number of allylic oxidation sites excluding steroid dienone is 4. The second kappa shape index (κ2) is 10.3.